The van der Waals surface area contributed by atoms with Crippen LogP contribution in [0.2, 0.25) is 0 Å². The molecule has 1 amide bonds. The smallest absolute Gasteiger partial charge is 0.220 e. The van der Waals surface area contributed by atoms with Gasteiger partial charge in [0.15, 0.2) is 0 Å². The maximum Gasteiger partial charge on any atom is 0.220 e. The van der Waals surface area contributed by atoms with E-state index in [1.165, 1.54) is 5.56 Å². The van der Waals surface area contributed by atoms with Crippen LogP contribution in [0.15, 0.2) is 30.3 Å². The van der Waals surface area contributed by atoms with E-state index in [2.05, 4.69) is 17.4 Å². The van der Waals surface area contributed by atoms with Gasteiger partial charge in [-0.1, -0.05) is 30.3 Å². The first-order valence-electron chi connectivity index (χ1n) is 4.70. The molecule has 1 aliphatic heterocycles. The highest BCUT2D eigenvalue weighted by Gasteiger charge is 2.18. The van der Waals surface area contributed by atoms with Gasteiger partial charge in [0.2, 0.25) is 5.91 Å². The minimum atomic E-state index is 0.181. The quantitative estimate of drug-likeness (QED) is 0.695. The van der Waals surface area contributed by atoms with Crippen molar-refractivity contribution in [3.05, 3.63) is 35.9 Å². The molecule has 1 aliphatic rings. The highest BCUT2D eigenvalue weighted by molar-refractivity contribution is 5.77. The SMILES string of the molecule is O=C1CCC[C@H](c2ccccc2)N1. The maximum absolute atomic E-state index is 11.1. The zero-order valence-corrected chi connectivity index (χ0v) is 7.49. The van der Waals surface area contributed by atoms with Crippen molar-refractivity contribution in [3.8, 4) is 0 Å². The van der Waals surface area contributed by atoms with E-state index in [0.29, 0.717) is 6.42 Å². The van der Waals surface area contributed by atoms with Crippen LogP contribution in [-0.4, -0.2) is 5.91 Å². The topological polar surface area (TPSA) is 29.1 Å². The van der Waals surface area contributed by atoms with Gasteiger partial charge in [-0.3, -0.25) is 4.79 Å². The fraction of sp³-hybridized carbons (Fsp3) is 0.364. The fourth-order valence-corrected chi connectivity index (χ4v) is 1.74. The summed E-state index contributed by atoms with van der Waals surface area (Å²) in [6.07, 6.45) is 2.75. The first-order valence-corrected chi connectivity index (χ1v) is 4.70. The summed E-state index contributed by atoms with van der Waals surface area (Å²) in [6, 6.07) is 10.4. The third kappa shape index (κ3) is 1.89. The Hall–Kier alpha value is -1.31. The maximum atomic E-state index is 11.1. The molecular weight excluding hydrogens is 162 g/mol. The number of nitrogens with one attached hydrogen (secondary N) is 1. The second-order valence-electron chi connectivity index (χ2n) is 3.42. The number of piperidine rings is 1. The van der Waals surface area contributed by atoms with Crippen molar-refractivity contribution in [1.29, 1.82) is 0 Å². The molecule has 1 aromatic carbocycles. The molecule has 2 heteroatoms. The lowest BCUT2D eigenvalue weighted by atomic mass is 9.97. The molecule has 1 saturated heterocycles. The van der Waals surface area contributed by atoms with Gasteiger partial charge in [-0.15, -0.1) is 0 Å². The zero-order chi connectivity index (χ0) is 9.10. The summed E-state index contributed by atoms with van der Waals surface area (Å²) in [4.78, 5) is 11.1. The molecule has 0 saturated carbocycles. The van der Waals surface area contributed by atoms with E-state index in [0.717, 1.165) is 12.8 Å². The van der Waals surface area contributed by atoms with E-state index in [1.807, 2.05) is 18.2 Å². The average molecular weight is 175 g/mol. The molecule has 0 spiro atoms. The van der Waals surface area contributed by atoms with Crippen LogP contribution in [0.25, 0.3) is 0 Å². The van der Waals surface area contributed by atoms with Crippen molar-refractivity contribution < 1.29 is 4.79 Å². The molecule has 2 rings (SSSR count). The van der Waals surface area contributed by atoms with E-state index in [-0.39, 0.29) is 11.9 Å². The minimum absolute atomic E-state index is 0.181. The second-order valence-corrected chi connectivity index (χ2v) is 3.42. The lowest BCUT2D eigenvalue weighted by molar-refractivity contribution is -0.123. The highest BCUT2D eigenvalue weighted by Crippen LogP contribution is 2.22. The summed E-state index contributed by atoms with van der Waals surface area (Å²) in [5, 5.41) is 2.99. The Balaban J connectivity index is 2.13. The van der Waals surface area contributed by atoms with E-state index >= 15 is 0 Å². The van der Waals surface area contributed by atoms with Crippen molar-refractivity contribution in [1.82, 2.24) is 5.32 Å². The lowest BCUT2D eigenvalue weighted by Crippen LogP contribution is -2.32. The molecule has 0 aromatic heterocycles. The van der Waals surface area contributed by atoms with Crippen LogP contribution in [-0.2, 0) is 4.79 Å². The predicted molar refractivity (Wildman–Crippen MR) is 51.2 cm³/mol. The largest absolute Gasteiger partial charge is 0.349 e. The van der Waals surface area contributed by atoms with E-state index in [9.17, 15) is 4.79 Å². The van der Waals surface area contributed by atoms with Gasteiger partial charge in [-0.25, -0.2) is 0 Å². The van der Waals surface area contributed by atoms with Gasteiger partial charge in [0.05, 0.1) is 6.04 Å². The first-order chi connectivity index (χ1) is 6.36. The first kappa shape index (κ1) is 8.30. The third-order valence-electron chi connectivity index (χ3n) is 2.43. The molecule has 13 heavy (non-hydrogen) atoms. The van der Waals surface area contributed by atoms with Gasteiger partial charge < -0.3 is 5.32 Å². The van der Waals surface area contributed by atoms with Crippen molar-refractivity contribution in [2.75, 3.05) is 0 Å². The van der Waals surface area contributed by atoms with Crippen LogP contribution in [0.5, 0.6) is 0 Å². The van der Waals surface area contributed by atoms with E-state index in [1.54, 1.807) is 0 Å². The van der Waals surface area contributed by atoms with Crippen molar-refractivity contribution in [2.24, 2.45) is 0 Å². The number of carbonyl (C=O) groups excluding carboxylic acids is 1. The van der Waals surface area contributed by atoms with Crippen molar-refractivity contribution in [3.63, 3.8) is 0 Å². The summed E-state index contributed by atoms with van der Waals surface area (Å²) < 4.78 is 0. The van der Waals surface area contributed by atoms with Gasteiger partial charge in [-0.05, 0) is 18.4 Å². The standard InChI is InChI=1S/C11H13NO/c13-11-8-4-7-10(12-11)9-5-2-1-3-6-9/h1-3,5-6,10H,4,7-8H2,(H,12,13)/t10-/m1/s1. The highest BCUT2D eigenvalue weighted by atomic mass is 16.1. The summed E-state index contributed by atoms with van der Waals surface area (Å²) in [7, 11) is 0. The summed E-state index contributed by atoms with van der Waals surface area (Å²) in [6.45, 7) is 0. The molecule has 1 aromatic rings. The Kier molecular flexibility index (Phi) is 2.30. The van der Waals surface area contributed by atoms with Crippen LogP contribution in [0.4, 0.5) is 0 Å². The Bertz CT molecular complexity index is 294. The predicted octanol–water partition coefficient (Wildman–Crippen LogP) is 2.03. The molecule has 1 fully saturated rings. The Morgan fingerprint density at radius 2 is 2.00 bits per heavy atom. The van der Waals surface area contributed by atoms with Crippen LogP contribution >= 0.6 is 0 Å². The van der Waals surface area contributed by atoms with Crippen LogP contribution in [0, 0.1) is 0 Å². The van der Waals surface area contributed by atoms with Gasteiger partial charge in [0.1, 0.15) is 0 Å². The number of benzene rings is 1. The van der Waals surface area contributed by atoms with Crippen LogP contribution in [0.1, 0.15) is 30.9 Å². The monoisotopic (exact) mass is 175 g/mol. The fourth-order valence-electron chi connectivity index (χ4n) is 1.74. The number of carbonyl (C=O) groups is 1. The van der Waals surface area contributed by atoms with Gasteiger partial charge >= 0.3 is 0 Å². The molecule has 0 radical (unpaired) electrons. The number of amides is 1. The zero-order valence-electron chi connectivity index (χ0n) is 7.49. The molecule has 1 heterocycles. The third-order valence-corrected chi connectivity index (χ3v) is 2.43. The van der Waals surface area contributed by atoms with Crippen molar-refractivity contribution in [2.45, 2.75) is 25.3 Å². The van der Waals surface area contributed by atoms with Crippen LogP contribution < -0.4 is 5.32 Å². The molecular formula is C11H13NO. The molecule has 0 aliphatic carbocycles. The van der Waals surface area contributed by atoms with Crippen LogP contribution in [0.3, 0.4) is 0 Å². The summed E-state index contributed by atoms with van der Waals surface area (Å²) >= 11 is 0. The van der Waals surface area contributed by atoms with Crippen molar-refractivity contribution >= 4 is 5.91 Å². The number of rotatable bonds is 1. The molecule has 0 bridgehead atoms. The van der Waals surface area contributed by atoms with Gasteiger partial charge in [0, 0.05) is 6.42 Å². The van der Waals surface area contributed by atoms with Gasteiger partial charge in [-0.2, -0.15) is 0 Å². The second kappa shape index (κ2) is 3.60. The summed E-state index contributed by atoms with van der Waals surface area (Å²) in [5.74, 6) is 0.181. The minimum Gasteiger partial charge on any atom is -0.349 e. The number of hydrogen-bond donors (Lipinski definition) is 1. The molecule has 2 nitrogen and oxygen atoms in total. The Morgan fingerprint density at radius 1 is 1.23 bits per heavy atom. The Labute approximate surface area is 78.0 Å². The summed E-state index contributed by atoms with van der Waals surface area (Å²) in [5.41, 5.74) is 1.22. The molecule has 1 atom stereocenters. The lowest BCUT2D eigenvalue weighted by Gasteiger charge is -2.23. The van der Waals surface area contributed by atoms with E-state index < -0.39 is 0 Å². The van der Waals surface area contributed by atoms with Gasteiger partial charge in [0.25, 0.3) is 0 Å². The molecule has 1 N–H and O–H groups in total. The molecule has 68 valence electrons. The molecule has 0 unspecified atom stereocenters. The normalized spacial score (nSPS) is 22.5. The Morgan fingerprint density at radius 3 is 2.69 bits per heavy atom. The number of hydrogen-bond acceptors (Lipinski definition) is 1. The average Bonchev–Trinajstić information content (AvgIpc) is 2.19. The van der Waals surface area contributed by atoms with E-state index in [4.69, 9.17) is 0 Å².